The highest BCUT2D eigenvalue weighted by atomic mass is 16.6. The number of carbonyl (C=O) groups is 3. The Labute approximate surface area is 246 Å². The third-order valence-corrected chi connectivity index (χ3v) is 7.42. The molecular weight excluding hydrogens is 534 g/mol. The standard InChI is InChI=1S/C34H37NO7/c1-4-40-33(37)32-29(21-31(36)39-3)30(22-35(32)34(38)42-23-26-13-9-6-10-14-26)24(2)27-15-17-28(18-16-27)41-20-19-25-11-7-5-8-12-25/h5-18,29-30,32H,2,4,19-23H2,1,3H3/t29-,30+,32-/m0/s1. The lowest BCUT2D eigenvalue weighted by molar-refractivity contribution is -0.150. The zero-order chi connectivity index (χ0) is 29.9. The lowest BCUT2D eigenvalue weighted by Gasteiger charge is -2.26. The summed E-state index contributed by atoms with van der Waals surface area (Å²) in [5.74, 6) is -1.41. The Bertz CT molecular complexity index is 1340. The molecule has 1 aliphatic heterocycles. The number of hydrogen-bond donors (Lipinski definition) is 0. The number of likely N-dealkylation sites (tertiary alicyclic amines) is 1. The quantitative estimate of drug-likeness (QED) is 0.203. The van der Waals surface area contributed by atoms with Gasteiger partial charge in [-0.1, -0.05) is 79.4 Å². The molecule has 0 aliphatic carbocycles. The Balaban J connectivity index is 1.51. The van der Waals surface area contributed by atoms with Crippen LogP contribution in [-0.2, 0) is 36.8 Å². The monoisotopic (exact) mass is 571 g/mol. The van der Waals surface area contributed by atoms with E-state index in [-0.39, 0.29) is 26.2 Å². The summed E-state index contributed by atoms with van der Waals surface area (Å²) in [4.78, 5) is 40.4. The van der Waals surface area contributed by atoms with Gasteiger partial charge in [0.2, 0.25) is 0 Å². The molecular formula is C34H37NO7. The number of methoxy groups -OCH3 is 1. The average molecular weight is 572 g/mol. The molecule has 3 aromatic rings. The van der Waals surface area contributed by atoms with E-state index in [1.165, 1.54) is 17.6 Å². The van der Waals surface area contributed by atoms with Crippen LogP contribution in [0, 0.1) is 11.8 Å². The lowest BCUT2D eigenvalue weighted by atomic mass is 9.81. The smallest absolute Gasteiger partial charge is 0.410 e. The van der Waals surface area contributed by atoms with Crippen molar-refractivity contribution in [2.45, 2.75) is 32.4 Å². The van der Waals surface area contributed by atoms with E-state index >= 15 is 0 Å². The summed E-state index contributed by atoms with van der Waals surface area (Å²) in [5.41, 5.74) is 3.51. The van der Waals surface area contributed by atoms with E-state index in [1.54, 1.807) is 6.92 Å². The van der Waals surface area contributed by atoms with Crippen LogP contribution in [0.2, 0.25) is 0 Å². The number of esters is 2. The third-order valence-electron chi connectivity index (χ3n) is 7.42. The van der Waals surface area contributed by atoms with Crippen molar-refractivity contribution in [2.75, 3.05) is 26.9 Å². The molecule has 1 heterocycles. The number of hydrogen-bond acceptors (Lipinski definition) is 7. The van der Waals surface area contributed by atoms with Gasteiger partial charge >= 0.3 is 18.0 Å². The van der Waals surface area contributed by atoms with Crippen molar-refractivity contribution in [2.24, 2.45) is 11.8 Å². The average Bonchev–Trinajstić information content (AvgIpc) is 3.40. The minimum atomic E-state index is -1.03. The van der Waals surface area contributed by atoms with Gasteiger partial charge in [0.25, 0.3) is 0 Å². The molecule has 1 amide bonds. The number of nitrogens with zero attached hydrogens (tertiary/aromatic N) is 1. The maximum Gasteiger partial charge on any atom is 0.410 e. The Morgan fingerprint density at radius 3 is 2.14 bits per heavy atom. The molecule has 4 rings (SSSR count). The first-order valence-electron chi connectivity index (χ1n) is 14.1. The van der Waals surface area contributed by atoms with Gasteiger partial charge < -0.3 is 18.9 Å². The molecule has 8 heteroatoms. The molecule has 0 radical (unpaired) electrons. The number of amides is 1. The topological polar surface area (TPSA) is 91.4 Å². The van der Waals surface area contributed by atoms with Crippen LogP contribution in [0.5, 0.6) is 5.75 Å². The molecule has 1 fully saturated rings. The molecule has 0 aromatic heterocycles. The summed E-state index contributed by atoms with van der Waals surface area (Å²) in [6.07, 6.45) is 0.0365. The van der Waals surface area contributed by atoms with Crippen molar-refractivity contribution < 1.29 is 33.3 Å². The molecule has 3 atom stereocenters. The summed E-state index contributed by atoms with van der Waals surface area (Å²) in [6.45, 7) is 6.86. The van der Waals surface area contributed by atoms with Gasteiger partial charge in [0, 0.05) is 24.8 Å². The van der Waals surface area contributed by atoms with Crippen LogP contribution < -0.4 is 4.74 Å². The van der Waals surface area contributed by atoms with Crippen LogP contribution in [0.25, 0.3) is 5.57 Å². The van der Waals surface area contributed by atoms with Gasteiger partial charge in [0.1, 0.15) is 18.4 Å². The van der Waals surface area contributed by atoms with Crippen LogP contribution in [0.4, 0.5) is 4.79 Å². The highest BCUT2D eigenvalue weighted by molar-refractivity contribution is 5.85. The van der Waals surface area contributed by atoms with Crippen molar-refractivity contribution in [1.82, 2.24) is 4.90 Å². The van der Waals surface area contributed by atoms with Gasteiger partial charge in [-0.05, 0) is 41.3 Å². The van der Waals surface area contributed by atoms with Crippen LogP contribution in [0.1, 0.15) is 30.0 Å². The zero-order valence-electron chi connectivity index (χ0n) is 24.1. The molecule has 42 heavy (non-hydrogen) atoms. The summed E-state index contributed by atoms with van der Waals surface area (Å²) in [7, 11) is 1.29. The summed E-state index contributed by atoms with van der Waals surface area (Å²) in [6, 6.07) is 25.9. The van der Waals surface area contributed by atoms with Crippen molar-refractivity contribution in [1.29, 1.82) is 0 Å². The second-order valence-corrected chi connectivity index (χ2v) is 10.1. The molecule has 0 saturated carbocycles. The van der Waals surface area contributed by atoms with Gasteiger partial charge in [-0.3, -0.25) is 9.69 Å². The van der Waals surface area contributed by atoms with Gasteiger partial charge in [-0.25, -0.2) is 9.59 Å². The fourth-order valence-corrected chi connectivity index (χ4v) is 5.24. The van der Waals surface area contributed by atoms with Crippen LogP contribution in [-0.4, -0.2) is 55.8 Å². The van der Waals surface area contributed by atoms with Crippen LogP contribution in [0.15, 0.2) is 91.5 Å². The van der Waals surface area contributed by atoms with Crippen molar-refractivity contribution in [3.8, 4) is 5.75 Å². The molecule has 0 unspecified atom stereocenters. The molecule has 1 aliphatic rings. The number of rotatable bonds is 12. The molecule has 0 N–H and O–H groups in total. The highest BCUT2D eigenvalue weighted by Gasteiger charge is 2.51. The van der Waals surface area contributed by atoms with Crippen molar-refractivity contribution in [3.05, 3.63) is 108 Å². The highest BCUT2D eigenvalue weighted by Crippen LogP contribution is 2.41. The second kappa shape index (κ2) is 14.9. The second-order valence-electron chi connectivity index (χ2n) is 10.1. The van der Waals surface area contributed by atoms with E-state index in [4.69, 9.17) is 18.9 Å². The Morgan fingerprint density at radius 1 is 0.881 bits per heavy atom. The third kappa shape index (κ3) is 7.78. The predicted octanol–water partition coefficient (Wildman–Crippen LogP) is 5.70. The molecule has 1 saturated heterocycles. The number of ether oxygens (including phenoxy) is 4. The summed E-state index contributed by atoms with van der Waals surface area (Å²) < 4.78 is 21.8. The van der Waals surface area contributed by atoms with E-state index in [9.17, 15) is 14.4 Å². The number of carbonyl (C=O) groups excluding carboxylic acids is 3. The Kier molecular flexibility index (Phi) is 10.8. The lowest BCUT2D eigenvalue weighted by Crippen LogP contribution is -2.45. The minimum absolute atomic E-state index is 0.0464. The zero-order valence-corrected chi connectivity index (χ0v) is 24.1. The number of benzene rings is 3. The van der Waals surface area contributed by atoms with Crippen molar-refractivity contribution >= 4 is 23.6 Å². The van der Waals surface area contributed by atoms with E-state index in [0.29, 0.717) is 12.2 Å². The van der Waals surface area contributed by atoms with Gasteiger partial charge in [0.15, 0.2) is 0 Å². The first kappa shape index (κ1) is 30.4. The Hall–Kier alpha value is -4.59. The van der Waals surface area contributed by atoms with E-state index in [2.05, 4.69) is 18.7 Å². The summed E-state index contributed by atoms with van der Waals surface area (Å²) >= 11 is 0. The minimum Gasteiger partial charge on any atom is -0.493 e. The molecule has 0 bridgehead atoms. The van der Waals surface area contributed by atoms with E-state index < -0.39 is 35.9 Å². The van der Waals surface area contributed by atoms with E-state index in [0.717, 1.165) is 23.3 Å². The van der Waals surface area contributed by atoms with Crippen LogP contribution >= 0.6 is 0 Å². The largest absolute Gasteiger partial charge is 0.493 e. The normalized spacial score (nSPS) is 17.8. The fraction of sp³-hybridized carbons (Fsp3) is 0.324. The predicted molar refractivity (Wildman–Crippen MR) is 158 cm³/mol. The van der Waals surface area contributed by atoms with Crippen molar-refractivity contribution in [3.63, 3.8) is 0 Å². The SMILES string of the molecule is C=C(c1ccc(OCCc2ccccc2)cc1)[C@H]1CN(C(=O)OCc2ccccc2)[C@H](C(=O)OCC)[C@H]1CC(=O)OC. The maximum atomic E-state index is 13.3. The maximum absolute atomic E-state index is 13.3. The fourth-order valence-electron chi connectivity index (χ4n) is 5.24. The molecule has 3 aromatic carbocycles. The van der Waals surface area contributed by atoms with Gasteiger partial charge in [0.05, 0.1) is 26.7 Å². The first-order valence-corrected chi connectivity index (χ1v) is 14.1. The van der Waals surface area contributed by atoms with Crippen LogP contribution in [0.3, 0.4) is 0 Å². The molecule has 8 nitrogen and oxygen atoms in total. The summed E-state index contributed by atoms with van der Waals surface area (Å²) in [5, 5.41) is 0. The first-order chi connectivity index (χ1) is 20.4. The molecule has 0 spiro atoms. The van der Waals surface area contributed by atoms with Gasteiger partial charge in [-0.2, -0.15) is 0 Å². The molecule has 220 valence electrons. The van der Waals surface area contributed by atoms with Gasteiger partial charge in [-0.15, -0.1) is 0 Å². The Morgan fingerprint density at radius 2 is 1.52 bits per heavy atom. The van der Waals surface area contributed by atoms with E-state index in [1.807, 2.05) is 72.8 Å².